The minimum atomic E-state index is -1.02. The van der Waals surface area contributed by atoms with E-state index < -0.39 is 29.7 Å². The van der Waals surface area contributed by atoms with Crippen LogP contribution in [-0.4, -0.2) is 104 Å². The van der Waals surface area contributed by atoms with Crippen LogP contribution in [0.4, 0.5) is 27.4 Å². The number of benzene rings is 2. The van der Waals surface area contributed by atoms with Gasteiger partial charge in [-0.05, 0) is 73.5 Å². The van der Waals surface area contributed by atoms with Crippen LogP contribution in [0.2, 0.25) is 0 Å². The van der Waals surface area contributed by atoms with E-state index in [0.717, 1.165) is 45.8 Å². The van der Waals surface area contributed by atoms with E-state index in [9.17, 15) is 24.0 Å². The topological polar surface area (TPSA) is 184 Å². The fourth-order valence-corrected chi connectivity index (χ4v) is 8.98. The monoisotopic (exact) mass is 798 g/mol. The van der Waals surface area contributed by atoms with Gasteiger partial charge in [-0.3, -0.25) is 38.9 Å². The number of halogens is 1. The van der Waals surface area contributed by atoms with Crippen molar-refractivity contribution in [2.24, 2.45) is 0 Å². The molecule has 8 heterocycles. The van der Waals surface area contributed by atoms with E-state index >= 15 is 4.39 Å². The van der Waals surface area contributed by atoms with Gasteiger partial charge in [-0.15, -0.1) is 0 Å². The van der Waals surface area contributed by atoms with Gasteiger partial charge in [0.1, 0.15) is 36.5 Å². The van der Waals surface area contributed by atoms with E-state index in [1.807, 2.05) is 30.0 Å². The first-order valence-electron chi connectivity index (χ1n) is 19.8. The second kappa shape index (κ2) is 14.2. The minimum absolute atomic E-state index is 0.0147. The molecule has 0 spiro atoms. The maximum atomic E-state index is 15.4. The highest BCUT2D eigenvalue weighted by molar-refractivity contribution is 6.23. The first-order valence-corrected chi connectivity index (χ1v) is 19.8. The first-order chi connectivity index (χ1) is 28.6. The van der Waals surface area contributed by atoms with Crippen LogP contribution in [0, 0.1) is 12.7 Å². The Balaban J connectivity index is 0.783. The Morgan fingerprint density at radius 2 is 1.66 bits per heavy atom. The molecular weight excluding hydrogens is 760 g/mol. The molecule has 2 fully saturated rings. The lowest BCUT2D eigenvalue weighted by atomic mass is 9.98. The number of imide groups is 2. The molecule has 59 heavy (non-hydrogen) atoms. The number of nitrogens with zero attached hydrogens (tertiary/aromatic N) is 7. The van der Waals surface area contributed by atoms with Crippen LogP contribution in [0.25, 0.3) is 21.9 Å². The number of pyridine rings is 2. The molecule has 16 nitrogen and oxygen atoms in total. The number of amides is 5. The van der Waals surface area contributed by atoms with Crippen LogP contribution in [0.5, 0.6) is 5.88 Å². The molecule has 0 saturated carbocycles. The number of nitrogens with one attached hydrogen (secondary N) is 3. The third-order valence-corrected chi connectivity index (χ3v) is 12.1. The van der Waals surface area contributed by atoms with Gasteiger partial charge >= 0.3 is 0 Å². The highest BCUT2D eigenvalue weighted by Crippen LogP contribution is 2.38. The molecule has 0 aliphatic carbocycles. The third-order valence-electron chi connectivity index (χ3n) is 12.1. The molecular formula is C42H39FN10O6. The van der Waals surface area contributed by atoms with E-state index in [4.69, 9.17) is 9.84 Å². The van der Waals surface area contributed by atoms with Gasteiger partial charge in [-0.2, -0.15) is 5.10 Å². The van der Waals surface area contributed by atoms with Crippen molar-refractivity contribution in [3.8, 4) is 17.0 Å². The molecule has 300 valence electrons. The van der Waals surface area contributed by atoms with Gasteiger partial charge in [0.25, 0.3) is 11.8 Å². The van der Waals surface area contributed by atoms with Gasteiger partial charge in [0, 0.05) is 91.4 Å². The van der Waals surface area contributed by atoms with Crippen molar-refractivity contribution in [1.29, 1.82) is 0 Å². The number of rotatable bonds is 6. The first kappa shape index (κ1) is 36.4. The second-order valence-electron chi connectivity index (χ2n) is 15.5. The quantitative estimate of drug-likeness (QED) is 0.211. The Morgan fingerprint density at radius 3 is 2.49 bits per heavy atom. The minimum Gasteiger partial charge on any atom is -0.474 e. The Bertz CT molecular complexity index is 2640. The number of fused-ring (bicyclic) bond motifs is 4. The molecule has 5 aliphatic rings. The summed E-state index contributed by atoms with van der Waals surface area (Å²) >= 11 is 0. The second-order valence-corrected chi connectivity index (χ2v) is 15.5. The van der Waals surface area contributed by atoms with Crippen molar-refractivity contribution in [3.63, 3.8) is 0 Å². The standard InChI is InChI=1S/C42H39FN10O6/c1-22-31(20-46-40-38(22)44-9-13-59-40)29-14-23-16-34(45-19-24(23)15-32(29)43)47-35-18-27-8-12-51(37(55)21-52(27)49-35)25-6-10-50(11-7-25)26-2-3-28-30(17-26)42(58)53(41(28)57)33-4-5-36(54)48-39(33)56/h2-3,14-20,25,33,44H,4-13,21H2,1H3,(H,45,47,49)(H,48,54,56). The normalized spacial score (nSPS) is 19.5. The molecule has 5 aliphatic heterocycles. The molecule has 3 aromatic heterocycles. The van der Waals surface area contributed by atoms with Gasteiger partial charge in [0.15, 0.2) is 5.82 Å². The van der Waals surface area contributed by atoms with Crippen molar-refractivity contribution >= 4 is 63.3 Å². The molecule has 10 rings (SSSR count). The molecule has 0 bridgehead atoms. The maximum absolute atomic E-state index is 15.4. The van der Waals surface area contributed by atoms with Crippen LogP contribution in [-0.2, 0) is 27.3 Å². The lowest BCUT2D eigenvalue weighted by molar-refractivity contribution is -0.136. The fourth-order valence-electron chi connectivity index (χ4n) is 8.98. The highest BCUT2D eigenvalue weighted by atomic mass is 19.1. The zero-order chi connectivity index (χ0) is 40.5. The molecule has 0 radical (unpaired) electrons. The Morgan fingerprint density at radius 1 is 0.831 bits per heavy atom. The number of piperidine rings is 2. The summed E-state index contributed by atoms with van der Waals surface area (Å²) in [5.74, 6) is -0.916. The number of carbonyl (C=O) groups is 5. The molecule has 1 atom stereocenters. The average molecular weight is 799 g/mol. The van der Waals surface area contributed by atoms with E-state index in [2.05, 4.69) is 30.8 Å². The number of carbonyl (C=O) groups excluding carboxylic acids is 5. The summed E-state index contributed by atoms with van der Waals surface area (Å²) < 4.78 is 22.8. The van der Waals surface area contributed by atoms with E-state index in [1.54, 1.807) is 35.3 Å². The predicted molar refractivity (Wildman–Crippen MR) is 213 cm³/mol. The van der Waals surface area contributed by atoms with Crippen molar-refractivity contribution in [2.75, 3.05) is 48.3 Å². The highest BCUT2D eigenvalue weighted by Gasteiger charge is 2.45. The molecule has 17 heteroatoms. The molecule has 2 saturated heterocycles. The average Bonchev–Trinajstić information content (AvgIpc) is 3.67. The van der Waals surface area contributed by atoms with Crippen molar-refractivity contribution in [1.82, 2.24) is 34.9 Å². The van der Waals surface area contributed by atoms with E-state index in [-0.39, 0.29) is 48.3 Å². The smallest absolute Gasteiger partial charge is 0.262 e. The van der Waals surface area contributed by atoms with E-state index in [1.165, 1.54) is 6.07 Å². The largest absolute Gasteiger partial charge is 0.474 e. The third kappa shape index (κ3) is 6.36. The summed E-state index contributed by atoms with van der Waals surface area (Å²) in [5.41, 5.74) is 4.92. The number of anilines is 4. The lowest BCUT2D eigenvalue weighted by Crippen LogP contribution is -2.54. The van der Waals surface area contributed by atoms with Gasteiger partial charge in [0.05, 0.1) is 11.1 Å². The van der Waals surface area contributed by atoms with Crippen LogP contribution >= 0.6 is 0 Å². The molecule has 3 N–H and O–H groups in total. The van der Waals surface area contributed by atoms with Crippen LogP contribution in [0.3, 0.4) is 0 Å². The number of hydrogen-bond acceptors (Lipinski definition) is 12. The molecule has 1 unspecified atom stereocenters. The summed E-state index contributed by atoms with van der Waals surface area (Å²) in [6, 6.07) is 11.2. The summed E-state index contributed by atoms with van der Waals surface area (Å²) in [5, 5.41) is 15.0. The number of aromatic nitrogens is 4. The van der Waals surface area contributed by atoms with Gasteiger partial charge < -0.3 is 25.2 Å². The SMILES string of the molecule is Cc1c(-c2cc3cc(Nc4cc5n(n4)CC(=O)N(C4CCN(c6ccc7c(c6)C(=O)N(C6CCC(=O)NC6=O)C7=O)CC4)CC5)ncc3cc2F)cnc2c1NCCO2. The lowest BCUT2D eigenvalue weighted by Gasteiger charge is -2.39. The Labute approximate surface area is 336 Å². The van der Waals surface area contributed by atoms with Crippen molar-refractivity contribution < 1.29 is 33.1 Å². The molecule has 5 amide bonds. The summed E-state index contributed by atoms with van der Waals surface area (Å²) in [4.78, 5) is 78.3. The fraction of sp³-hybridized carbons (Fsp3) is 0.333. The maximum Gasteiger partial charge on any atom is 0.262 e. The number of ether oxygens (including phenoxy) is 1. The van der Waals surface area contributed by atoms with Gasteiger partial charge in [-0.1, -0.05) is 0 Å². The van der Waals surface area contributed by atoms with Crippen molar-refractivity contribution in [3.05, 3.63) is 83.1 Å². The van der Waals surface area contributed by atoms with Crippen molar-refractivity contribution in [2.45, 2.75) is 57.7 Å². The summed E-state index contributed by atoms with van der Waals surface area (Å²) in [6.07, 6.45) is 5.49. The zero-order valence-corrected chi connectivity index (χ0v) is 32.1. The molecule has 5 aromatic rings. The van der Waals surface area contributed by atoms with Crippen LogP contribution in [0.15, 0.2) is 54.9 Å². The number of hydrogen-bond donors (Lipinski definition) is 3. The Kier molecular flexibility index (Phi) is 8.75. The Hall–Kier alpha value is -6.91. The van der Waals surface area contributed by atoms with E-state index in [0.29, 0.717) is 73.2 Å². The molecule has 2 aromatic carbocycles. The van der Waals surface area contributed by atoms with Gasteiger partial charge in [-0.25, -0.2) is 14.4 Å². The zero-order valence-electron chi connectivity index (χ0n) is 32.1. The van der Waals surface area contributed by atoms with Crippen LogP contribution in [0.1, 0.15) is 57.7 Å². The summed E-state index contributed by atoms with van der Waals surface area (Å²) in [6.45, 7) is 5.03. The predicted octanol–water partition coefficient (Wildman–Crippen LogP) is 3.94. The van der Waals surface area contributed by atoms with Gasteiger partial charge in [0.2, 0.25) is 23.6 Å². The summed E-state index contributed by atoms with van der Waals surface area (Å²) in [7, 11) is 0. The van der Waals surface area contributed by atoms with Crippen LogP contribution < -0.4 is 25.6 Å².